The first-order chi connectivity index (χ1) is 14.4. The molecule has 0 radical (unpaired) electrons. The third kappa shape index (κ3) is 4.12. The van der Waals surface area contributed by atoms with Crippen LogP contribution in [0.3, 0.4) is 0 Å². The maximum absolute atomic E-state index is 12.4. The van der Waals surface area contributed by atoms with E-state index in [0.717, 1.165) is 4.57 Å². The molecular formula is C20H14ClN3O5S. The van der Waals surface area contributed by atoms with Gasteiger partial charge in [-0.15, -0.1) is 15.9 Å². The highest BCUT2D eigenvalue weighted by Crippen LogP contribution is 2.25. The fraction of sp³-hybridized carbons (Fsp3) is 0.100. The number of aromatic nitrogens is 2. The molecule has 4 rings (SSSR count). The summed E-state index contributed by atoms with van der Waals surface area (Å²) in [6.45, 7) is 1.50. The van der Waals surface area contributed by atoms with Crippen LogP contribution in [0, 0.1) is 6.92 Å². The summed E-state index contributed by atoms with van der Waals surface area (Å²) >= 11 is 7.42. The number of hydrogen-bond acceptors (Lipinski definition) is 7. The van der Waals surface area contributed by atoms with E-state index in [2.05, 4.69) is 10.3 Å². The summed E-state index contributed by atoms with van der Waals surface area (Å²) in [7, 11) is 0. The summed E-state index contributed by atoms with van der Waals surface area (Å²) in [6.07, 6.45) is 0. The molecule has 1 aromatic carbocycles. The molecule has 0 atom stereocenters. The largest absolute Gasteiger partial charge is 0.456 e. The monoisotopic (exact) mass is 443 g/mol. The van der Waals surface area contributed by atoms with Gasteiger partial charge in [0.2, 0.25) is 0 Å². The summed E-state index contributed by atoms with van der Waals surface area (Å²) in [5, 5.41) is 4.74. The molecule has 0 aliphatic carbocycles. The van der Waals surface area contributed by atoms with Gasteiger partial charge in [-0.05, 0) is 36.6 Å². The lowest BCUT2D eigenvalue weighted by Crippen LogP contribution is -2.15. The van der Waals surface area contributed by atoms with Crippen LogP contribution in [0.25, 0.3) is 5.65 Å². The van der Waals surface area contributed by atoms with Crippen LogP contribution in [0.2, 0.25) is 5.02 Å². The Balaban J connectivity index is 1.48. The number of halogens is 1. The van der Waals surface area contributed by atoms with Crippen LogP contribution in [0.4, 0.5) is 5.69 Å². The number of carbonyl (C=O) groups excluding carboxylic acids is 2. The van der Waals surface area contributed by atoms with Crippen molar-refractivity contribution in [3.05, 3.63) is 85.1 Å². The molecular weight excluding hydrogens is 430 g/mol. The Morgan fingerprint density at radius 1 is 1.27 bits per heavy atom. The van der Waals surface area contributed by atoms with Crippen molar-refractivity contribution in [1.82, 2.24) is 9.56 Å². The second kappa shape index (κ2) is 8.13. The van der Waals surface area contributed by atoms with Gasteiger partial charge in [0.15, 0.2) is 5.65 Å². The third-order valence-corrected chi connectivity index (χ3v) is 5.27. The number of thiophene rings is 1. The van der Waals surface area contributed by atoms with E-state index in [1.165, 1.54) is 35.6 Å². The van der Waals surface area contributed by atoms with E-state index in [-0.39, 0.29) is 34.5 Å². The Hall–Kier alpha value is -3.43. The van der Waals surface area contributed by atoms with Crippen molar-refractivity contribution in [2.75, 3.05) is 5.32 Å². The molecule has 1 N–H and O–H groups in total. The molecule has 8 nitrogen and oxygen atoms in total. The van der Waals surface area contributed by atoms with Crippen LogP contribution in [0.1, 0.15) is 31.5 Å². The number of nitrogens with zero attached hydrogens (tertiary/aromatic N) is 2. The molecule has 3 heterocycles. The molecule has 0 saturated carbocycles. The van der Waals surface area contributed by atoms with Gasteiger partial charge in [-0.25, -0.2) is 9.78 Å². The molecule has 0 fully saturated rings. The van der Waals surface area contributed by atoms with E-state index < -0.39 is 11.5 Å². The zero-order valence-electron chi connectivity index (χ0n) is 15.5. The molecule has 0 unspecified atom stereocenters. The summed E-state index contributed by atoms with van der Waals surface area (Å²) in [5.41, 5.74) is 0.684. The number of aryl methyl sites for hydroxylation is 1. The van der Waals surface area contributed by atoms with Gasteiger partial charge in [0.25, 0.3) is 11.5 Å². The van der Waals surface area contributed by atoms with Crippen molar-refractivity contribution in [1.29, 1.82) is 0 Å². The number of carbonyl (C=O) groups is 2. The normalized spacial score (nSPS) is 10.9. The Morgan fingerprint density at radius 3 is 2.87 bits per heavy atom. The minimum atomic E-state index is -0.649. The number of ether oxygens (including phenoxy) is 1. The minimum absolute atomic E-state index is 0.192. The highest BCUT2D eigenvalue weighted by molar-refractivity contribution is 7.12. The number of anilines is 1. The summed E-state index contributed by atoms with van der Waals surface area (Å²) in [5.74, 6) is -0.443. The van der Waals surface area contributed by atoms with Gasteiger partial charge in [-0.2, -0.15) is 0 Å². The van der Waals surface area contributed by atoms with Crippen LogP contribution in [-0.2, 0) is 11.3 Å². The zero-order valence-corrected chi connectivity index (χ0v) is 17.1. The van der Waals surface area contributed by atoms with E-state index in [1.807, 2.05) is 0 Å². The predicted octanol–water partition coefficient (Wildman–Crippen LogP) is 3.92. The summed E-state index contributed by atoms with van der Waals surface area (Å²) < 4.78 is 11.5. The number of nitrogens with one attached hydrogen (secondary N) is 1. The second-order valence-electron chi connectivity index (χ2n) is 6.29. The summed E-state index contributed by atoms with van der Waals surface area (Å²) in [6, 6.07) is 10.7. The van der Waals surface area contributed by atoms with Crippen molar-refractivity contribution in [2.45, 2.75) is 13.5 Å². The van der Waals surface area contributed by atoms with Crippen molar-refractivity contribution < 1.29 is 18.8 Å². The Kier molecular flexibility index (Phi) is 5.39. The van der Waals surface area contributed by atoms with E-state index in [1.54, 1.807) is 30.5 Å². The molecule has 0 bridgehead atoms. The standard InChI is InChI=1S/C20H14ClN3O5S/c1-11-7-17-22-13(9-18(25)24(17)29-11)10-28-20(27)12-4-5-14(21)15(8-12)23-19(26)16-3-2-6-30-16/h2-9H,10H2,1H3,(H,23,26). The smallest absolute Gasteiger partial charge is 0.338 e. The van der Waals surface area contributed by atoms with E-state index in [4.69, 9.17) is 20.9 Å². The maximum atomic E-state index is 12.4. The molecule has 30 heavy (non-hydrogen) atoms. The van der Waals surface area contributed by atoms with Gasteiger partial charge in [0.05, 0.1) is 26.8 Å². The lowest BCUT2D eigenvalue weighted by atomic mass is 10.2. The Bertz CT molecular complexity index is 1310. The van der Waals surface area contributed by atoms with E-state index in [9.17, 15) is 14.4 Å². The molecule has 152 valence electrons. The lowest BCUT2D eigenvalue weighted by molar-refractivity contribution is 0.0467. The summed E-state index contributed by atoms with van der Waals surface area (Å²) in [4.78, 5) is 41.5. The predicted molar refractivity (Wildman–Crippen MR) is 111 cm³/mol. The topological polar surface area (TPSA) is 103 Å². The van der Waals surface area contributed by atoms with Crippen molar-refractivity contribution >= 4 is 46.1 Å². The fourth-order valence-corrected chi connectivity index (χ4v) is 3.49. The van der Waals surface area contributed by atoms with Gasteiger partial charge in [-0.1, -0.05) is 17.7 Å². The molecule has 3 aromatic heterocycles. The Labute approximate surface area is 178 Å². The quantitative estimate of drug-likeness (QED) is 0.469. The first-order valence-electron chi connectivity index (χ1n) is 8.72. The fourth-order valence-electron chi connectivity index (χ4n) is 2.71. The molecule has 4 aromatic rings. The van der Waals surface area contributed by atoms with Crippen molar-refractivity contribution in [2.24, 2.45) is 0 Å². The number of hydrogen-bond donors (Lipinski definition) is 1. The van der Waals surface area contributed by atoms with Crippen LogP contribution < -0.4 is 10.9 Å². The molecule has 10 heteroatoms. The van der Waals surface area contributed by atoms with Crippen LogP contribution in [-0.4, -0.2) is 21.4 Å². The van der Waals surface area contributed by atoms with E-state index >= 15 is 0 Å². The SMILES string of the molecule is Cc1cc2nc(COC(=O)c3ccc(Cl)c(NC(=O)c4cccs4)c3)cc(=O)n2o1. The first-order valence-corrected chi connectivity index (χ1v) is 9.97. The minimum Gasteiger partial charge on any atom is -0.456 e. The van der Waals surface area contributed by atoms with Crippen LogP contribution in [0.5, 0.6) is 0 Å². The van der Waals surface area contributed by atoms with Crippen molar-refractivity contribution in [3.8, 4) is 0 Å². The number of benzene rings is 1. The zero-order chi connectivity index (χ0) is 21.3. The third-order valence-electron chi connectivity index (χ3n) is 4.07. The average Bonchev–Trinajstić information content (AvgIpc) is 3.37. The maximum Gasteiger partial charge on any atom is 0.338 e. The van der Waals surface area contributed by atoms with Gasteiger partial charge < -0.3 is 14.6 Å². The highest BCUT2D eigenvalue weighted by atomic mass is 35.5. The number of fused-ring (bicyclic) bond motifs is 1. The Morgan fingerprint density at radius 2 is 2.10 bits per heavy atom. The molecule has 0 saturated heterocycles. The molecule has 1 amide bonds. The van der Waals surface area contributed by atoms with Crippen LogP contribution >= 0.6 is 22.9 Å². The number of amides is 1. The number of esters is 1. The van der Waals surface area contributed by atoms with Gasteiger partial charge >= 0.3 is 5.97 Å². The lowest BCUT2D eigenvalue weighted by Gasteiger charge is -2.09. The highest BCUT2D eigenvalue weighted by Gasteiger charge is 2.15. The average molecular weight is 444 g/mol. The van der Waals surface area contributed by atoms with E-state index in [0.29, 0.717) is 16.3 Å². The molecule has 0 aliphatic rings. The molecule has 0 aliphatic heterocycles. The number of rotatable bonds is 5. The van der Waals surface area contributed by atoms with Gasteiger partial charge in [-0.3, -0.25) is 9.59 Å². The van der Waals surface area contributed by atoms with Crippen LogP contribution in [0.15, 0.2) is 57.2 Å². The first kappa shape index (κ1) is 19.9. The van der Waals surface area contributed by atoms with Gasteiger partial charge in [0.1, 0.15) is 12.4 Å². The van der Waals surface area contributed by atoms with Gasteiger partial charge in [0, 0.05) is 12.1 Å². The second-order valence-corrected chi connectivity index (χ2v) is 7.64. The van der Waals surface area contributed by atoms with Crippen molar-refractivity contribution in [3.63, 3.8) is 0 Å². The molecule has 0 spiro atoms.